The van der Waals surface area contributed by atoms with Gasteiger partial charge in [-0.3, -0.25) is 19.3 Å². The number of carbonyl (C=O) groups is 3. The lowest BCUT2D eigenvalue weighted by atomic mass is 9.81. The number of anilines is 1. The number of nitrogens with zero attached hydrogens (tertiary/aromatic N) is 2. The van der Waals surface area contributed by atoms with Crippen LogP contribution >= 0.6 is 0 Å². The number of rotatable bonds is 6. The van der Waals surface area contributed by atoms with Crippen molar-refractivity contribution in [2.24, 2.45) is 11.8 Å². The SMILES string of the molecule is O=C(CCN1C(=O)[C@H]2CCCC[C@H]2C1=O)Nc1cccc(S(=O)(=O)N2CCCC2)c1. The summed E-state index contributed by atoms with van der Waals surface area (Å²) >= 11 is 0. The van der Waals surface area contributed by atoms with Gasteiger partial charge < -0.3 is 5.32 Å². The van der Waals surface area contributed by atoms with Crippen molar-refractivity contribution in [3.63, 3.8) is 0 Å². The summed E-state index contributed by atoms with van der Waals surface area (Å²) < 4.78 is 26.9. The predicted molar refractivity (Wildman–Crippen MR) is 110 cm³/mol. The van der Waals surface area contributed by atoms with E-state index in [0.29, 0.717) is 18.8 Å². The maximum atomic E-state index is 12.7. The number of sulfonamides is 1. The van der Waals surface area contributed by atoms with E-state index in [1.165, 1.54) is 21.3 Å². The molecule has 0 aromatic heterocycles. The van der Waals surface area contributed by atoms with Gasteiger partial charge in [-0.25, -0.2) is 8.42 Å². The third-order valence-electron chi connectivity index (χ3n) is 6.32. The number of fused-ring (bicyclic) bond motifs is 1. The lowest BCUT2D eigenvalue weighted by Crippen LogP contribution is -2.34. The Morgan fingerprint density at radius 1 is 1.00 bits per heavy atom. The average Bonchev–Trinajstić information content (AvgIpc) is 3.36. The fourth-order valence-electron chi connectivity index (χ4n) is 4.70. The molecular weight excluding hydrogens is 406 g/mol. The molecule has 9 heteroatoms. The summed E-state index contributed by atoms with van der Waals surface area (Å²) in [7, 11) is -3.56. The first-order valence-corrected chi connectivity index (χ1v) is 12.1. The topological polar surface area (TPSA) is 104 Å². The molecule has 30 heavy (non-hydrogen) atoms. The number of nitrogens with one attached hydrogen (secondary N) is 1. The smallest absolute Gasteiger partial charge is 0.243 e. The Labute approximate surface area is 176 Å². The van der Waals surface area contributed by atoms with Crippen LogP contribution in [0.25, 0.3) is 0 Å². The minimum absolute atomic E-state index is 0.0139. The Morgan fingerprint density at radius 3 is 2.27 bits per heavy atom. The molecule has 2 atom stereocenters. The van der Waals surface area contributed by atoms with Gasteiger partial charge in [0.25, 0.3) is 0 Å². The van der Waals surface area contributed by atoms with E-state index in [9.17, 15) is 22.8 Å². The Bertz CT molecular complexity index is 931. The normalized spacial score (nSPS) is 24.9. The van der Waals surface area contributed by atoms with Crippen molar-refractivity contribution in [2.75, 3.05) is 25.0 Å². The van der Waals surface area contributed by atoms with Crippen molar-refractivity contribution >= 4 is 33.4 Å². The van der Waals surface area contributed by atoms with Crippen molar-refractivity contribution in [2.45, 2.75) is 49.8 Å². The molecule has 1 aromatic rings. The van der Waals surface area contributed by atoms with E-state index in [4.69, 9.17) is 0 Å². The van der Waals surface area contributed by atoms with Crippen LogP contribution in [0.15, 0.2) is 29.2 Å². The second kappa shape index (κ2) is 8.47. The molecule has 0 radical (unpaired) electrons. The molecular formula is C21H27N3O5S. The molecule has 2 heterocycles. The van der Waals surface area contributed by atoms with Crippen molar-refractivity contribution < 1.29 is 22.8 Å². The molecule has 2 aliphatic heterocycles. The van der Waals surface area contributed by atoms with Gasteiger partial charge in [-0.2, -0.15) is 4.31 Å². The second-order valence-electron chi connectivity index (χ2n) is 8.26. The molecule has 0 spiro atoms. The largest absolute Gasteiger partial charge is 0.326 e. The maximum Gasteiger partial charge on any atom is 0.243 e. The zero-order valence-electron chi connectivity index (χ0n) is 16.9. The summed E-state index contributed by atoms with van der Waals surface area (Å²) in [6.45, 7) is 1.08. The van der Waals surface area contributed by atoms with Crippen LogP contribution in [0.1, 0.15) is 44.9 Å². The van der Waals surface area contributed by atoms with Gasteiger partial charge in [0.15, 0.2) is 0 Å². The lowest BCUT2D eigenvalue weighted by Gasteiger charge is -2.19. The molecule has 3 amide bonds. The van der Waals surface area contributed by atoms with Gasteiger partial charge >= 0.3 is 0 Å². The van der Waals surface area contributed by atoms with Crippen molar-refractivity contribution in [1.29, 1.82) is 0 Å². The molecule has 162 valence electrons. The highest BCUT2D eigenvalue weighted by atomic mass is 32.2. The van der Waals surface area contributed by atoms with Crippen molar-refractivity contribution in [3.05, 3.63) is 24.3 Å². The minimum atomic E-state index is -3.56. The second-order valence-corrected chi connectivity index (χ2v) is 10.2. The fourth-order valence-corrected chi connectivity index (χ4v) is 6.26. The lowest BCUT2D eigenvalue weighted by molar-refractivity contribution is -0.140. The van der Waals surface area contributed by atoms with Crippen LogP contribution in [0.2, 0.25) is 0 Å². The third kappa shape index (κ3) is 4.00. The summed E-state index contributed by atoms with van der Waals surface area (Å²) in [4.78, 5) is 38.8. The van der Waals surface area contributed by atoms with Gasteiger partial charge in [-0.1, -0.05) is 18.9 Å². The molecule has 1 N–H and O–H groups in total. The number of likely N-dealkylation sites (tertiary alicyclic amines) is 1. The Balaban J connectivity index is 1.37. The zero-order chi connectivity index (χ0) is 21.3. The number of carbonyl (C=O) groups excluding carboxylic acids is 3. The molecule has 2 saturated heterocycles. The Morgan fingerprint density at radius 2 is 1.63 bits per heavy atom. The van der Waals surface area contributed by atoms with Crippen LogP contribution < -0.4 is 5.32 Å². The number of hydrogen-bond acceptors (Lipinski definition) is 5. The van der Waals surface area contributed by atoms with Crippen LogP contribution in [0.3, 0.4) is 0 Å². The third-order valence-corrected chi connectivity index (χ3v) is 8.21. The number of imide groups is 1. The summed E-state index contributed by atoms with van der Waals surface area (Å²) in [6.07, 6.45) is 5.11. The van der Waals surface area contributed by atoms with Gasteiger partial charge in [0.05, 0.1) is 16.7 Å². The van der Waals surface area contributed by atoms with Crippen LogP contribution in [-0.2, 0) is 24.4 Å². The fraction of sp³-hybridized carbons (Fsp3) is 0.571. The van der Waals surface area contributed by atoms with E-state index in [-0.39, 0.29) is 47.4 Å². The quantitative estimate of drug-likeness (QED) is 0.691. The van der Waals surface area contributed by atoms with E-state index < -0.39 is 10.0 Å². The van der Waals surface area contributed by atoms with E-state index in [2.05, 4.69) is 5.32 Å². The molecule has 1 aromatic carbocycles. The van der Waals surface area contributed by atoms with Crippen LogP contribution in [0.5, 0.6) is 0 Å². The van der Waals surface area contributed by atoms with Crippen molar-refractivity contribution in [1.82, 2.24) is 9.21 Å². The Kier molecular flexibility index (Phi) is 5.92. The van der Waals surface area contributed by atoms with Gasteiger partial charge in [-0.05, 0) is 43.9 Å². The van der Waals surface area contributed by atoms with Gasteiger partial charge in [-0.15, -0.1) is 0 Å². The maximum absolute atomic E-state index is 12.7. The number of benzene rings is 1. The highest BCUT2D eigenvalue weighted by Crippen LogP contribution is 2.38. The standard InChI is InChI=1S/C21H27N3O5S/c25-19(10-13-24-20(26)17-8-1-2-9-18(17)21(24)27)22-15-6-5-7-16(14-15)30(28,29)23-11-3-4-12-23/h5-7,14,17-18H,1-4,8-13H2,(H,22,25)/t17-,18+. The summed E-state index contributed by atoms with van der Waals surface area (Å²) in [5, 5.41) is 2.69. The first-order chi connectivity index (χ1) is 14.4. The minimum Gasteiger partial charge on any atom is -0.326 e. The van der Waals surface area contributed by atoms with Gasteiger partial charge in [0.1, 0.15) is 0 Å². The molecule has 0 unspecified atom stereocenters. The van der Waals surface area contributed by atoms with E-state index in [0.717, 1.165) is 38.5 Å². The Hall–Kier alpha value is -2.26. The molecule has 3 fully saturated rings. The van der Waals surface area contributed by atoms with E-state index >= 15 is 0 Å². The van der Waals surface area contributed by atoms with Crippen molar-refractivity contribution in [3.8, 4) is 0 Å². The van der Waals surface area contributed by atoms with Crippen LogP contribution in [0.4, 0.5) is 5.69 Å². The summed E-state index contributed by atoms with van der Waals surface area (Å²) in [5.41, 5.74) is 0.382. The highest BCUT2D eigenvalue weighted by Gasteiger charge is 2.47. The molecule has 1 aliphatic carbocycles. The van der Waals surface area contributed by atoms with E-state index in [1.54, 1.807) is 12.1 Å². The van der Waals surface area contributed by atoms with Gasteiger partial charge in [0, 0.05) is 31.7 Å². The van der Waals surface area contributed by atoms with Crippen LogP contribution in [-0.4, -0.2) is 55.0 Å². The monoisotopic (exact) mass is 433 g/mol. The predicted octanol–water partition coefficient (Wildman–Crippen LogP) is 1.97. The van der Waals surface area contributed by atoms with Crippen LogP contribution in [0, 0.1) is 11.8 Å². The molecule has 4 rings (SSSR count). The number of hydrogen-bond donors (Lipinski definition) is 1. The summed E-state index contributed by atoms with van der Waals surface area (Å²) in [5.74, 6) is -1.11. The molecule has 0 bridgehead atoms. The summed E-state index contributed by atoms with van der Waals surface area (Å²) in [6, 6.07) is 6.19. The highest BCUT2D eigenvalue weighted by molar-refractivity contribution is 7.89. The number of amides is 3. The molecule has 3 aliphatic rings. The molecule has 8 nitrogen and oxygen atoms in total. The zero-order valence-corrected chi connectivity index (χ0v) is 17.7. The van der Waals surface area contributed by atoms with Gasteiger partial charge in [0.2, 0.25) is 27.7 Å². The first-order valence-electron chi connectivity index (χ1n) is 10.6. The average molecular weight is 434 g/mol. The first kappa shape index (κ1) is 21.0. The molecule has 1 saturated carbocycles. The van der Waals surface area contributed by atoms with E-state index in [1.807, 2.05) is 0 Å².